The maximum atomic E-state index is 14.0. The van der Waals surface area contributed by atoms with Gasteiger partial charge in [0.25, 0.3) is 5.91 Å². The van der Waals surface area contributed by atoms with Crippen LogP contribution >= 0.6 is 0 Å². The molecule has 1 aromatic heterocycles. The van der Waals surface area contributed by atoms with E-state index in [0.717, 1.165) is 5.75 Å². The van der Waals surface area contributed by atoms with Crippen molar-refractivity contribution in [1.29, 1.82) is 0 Å². The number of hydrogen-bond donors (Lipinski definition) is 1. The van der Waals surface area contributed by atoms with Crippen molar-refractivity contribution in [2.24, 2.45) is 0 Å². The summed E-state index contributed by atoms with van der Waals surface area (Å²) in [6, 6.07) is 19.6. The molecule has 0 atom stereocenters. The first-order valence-corrected chi connectivity index (χ1v) is 9.74. The number of nitrogens with one attached hydrogen (secondary N) is 1. The number of ether oxygens (including phenoxy) is 2. The first kappa shape index (κ1) is 19.7. The number of benzene rings is 2. The summed E-state index contributed by atoms with van der Waals surface area (Å²) in [5, 5.41) is 3.22. The van der Waals surface area contributed by atoms with Crippen molar-refractivity contribution in [3.8, 4) is 11.5 Å². The highest BCUT2D eigenvalue weighted by molar-refractivity contribution is 5.78. The Morgan fingerprint density at radius 3 is 2.70 bits per heavy atom. The Morgan fingerprint density at radius 2 is 1.87 bits per heavy atom. The largest absolute Gasteiger partial charge is 0.492 e. The van der Waals surface area contributed by atoms with Gasteiger partial charge in [-0.1, -0.05) is 36.4 Å². The maximum absolute atomic E-state index is 14.0. The Balaban J connectivity index is 1.40. The highest BCUT2D eigenvalue weighted by Gasteiger charge is 2.23. The minimum absolute atomic E-state index is 0.0964. The second-order valence-corrected chi connectivity index (χ2v) is 6.86. The molecule has 2 aromatic carbocycles. The zero-order chi connectivity index (χ0) is 20.8. The van der Waals surface area contributed by atoms with Crippen molar-refractivity contribution >= 4 is 11.7 Å². The fraction of sp³-hybridized carbons (Fsp3) is 0.217. The highest BCUT2D eigenvalue weighted by atomic mass is 19.1. The smallest absolute Gasteiger partial charge is 0.261 e. The van der Waals surface area contributed by atoms with Crippen LogP contribution in [0.3, 0.4) is 0 Å². The van der Waals surface area contributed by atoms with E-state index >= 15 is 0 Å². The molecule has 1 aliphatic heterocycles. The van der Waals surface area contributed by atoms with Crippen LogP contribution in [-0.2, 0) is 17.9 Å². The molecule has 2 heterocycles. The van der Waals surface area contributed by atoms with Crippen molar-refractivity contribution in [3.05, 3.63) is 83.8 Å². The van der Waals surface area contributed by atoms with Gasteiger partial charge in [0, 0.05) is 12.1 Å². The number of halogens is 1. The lowest BCUT2D eigenvalue weighted by Crippen LogP contribution is -2.32. The van der Waals surface area contributed by atoms with Crippen LogP contribution in [0.1, 0.15) is 11.3 Å². The quantitative estimate of drug-likeness (QED) is 0.606. The van der Waals surface area contributed by atoms with Crippen LogP contribution in [0.5, 0.6) is 11.5 Å². The molecule has 0 saturated heterocycles. The highest BCUT2D eigenvalue weighted by Crippen LogP contribution is 2.25. The van der Waals surface area contributed by atoms with Crippen LogP contribution in [0.15, 0.2) is 66.7 Å². The predicted molar refractivity (Wildman–Crippen MR) is 111 cm³/mol. The zero-order valence-corrected chi connectivity index (χ0v) is 16.4. The van der Waals surface area contributed by atoms with Gasteiger partial charge in [-0.25, -0.2) is 9.37 Å². The van der Waals surface area contributed by atoms with Crippen molar-refractivity contribution in [3.63, 3.8) is 0 Å². The van der Waals surface area contributed by atoms with E-state index in [2.05, 4.69) is 10.3 Å². The number of amides is 1. The molecule has 4 rings (SSSR count). The minimum Gasteiger partial charge on any atom is -0.492 e. The van der Waals surface area contributed by atoms with Crippen molar-refractivity contribution in [1.82, 2.24) is 9.88 Å². The number of para-hydroxylation sites is 1. The van der Waals surface area contributed by atoms with Crippen LogP contribution < -0.4 is 14.8 Å². The first-order valence-electron chi connectivity index (χ1n) is 9.74. The summed E-state index contributed by atoms with van der Waals surface area (Å²) in [6.07, 6.45) is 0. The normalized spacial score (nSPS) is 13.2. The Kier molecular flexibility index (Phi) is 6.08. The molecule has 6 nitrogen and oxygen atoms in total. The van der Waals surface area contributed by atoms with E-state index < -0.39 is 0 Å². The van der Waals surface area contributed by atoms with Crippen LogP contribution in [0.4, 0.5) is 10.2 Å². The number of pyridine rings is 1. The van der Waals surface area contributed by atoms with Crippen LogP contribution in [-0.4, -0.2) is 35.5 Å². The Labute approximate surface area is 174 Å². The summed E-state index contributed by atoms with van der Waals surface area (Å²) in [5.74, 6) is 1.49. The summed E-state index contributed by atoms with van der Waals surface area (Å²) in [4.78, 5) is 18.6. The van der Waals surface area contributed by atoms with Crippen LogP contribution in [0.2, 0.25) is 0 Å². The lowest BCUT2D eigenvalue weighted by atomic mass is 10.2. The van der Waals surface area contributed by atoms with E-state index in [9.17, 15) is 9.18 Å². The summed E-state index contributed by atoms with van der Waals surface area (Å²) < 4.78 is 25.3. The fourth-order valence-electron chi connectivity index (χ4n) is 3.17. The molecule has 1 N–H and O–H groups in total. The molecule has 1 aliphatic rings. The Bertz CT molecular complexity index is 1010. The number of carbonyl (C=O) groups excluding carboxylic acids is 1. The molecule has 0 radical (unpaired) electrons. The van der Waals surface area contributed by atoms with Crippen LogP contribution in [0.25, 0.3) is 0 Å². The Hall–Kier alpha value is -3.61. The minimum atomic E-state index is -0.336. The van der Waals surface area contributed by atoms with Crippen molar-refractivity contribution in [2.45, 2.75) is 13.1 Å². The van der Waals surface area contributed by atoms with E-state index in [1.54, 1.807) is 35.2 Å². The number of anilines is 1. The maximum Gasteiger partial charge on any atom is 0.261 e. The van der Waals surface area contributed by atoms with Gasteiger partial charge in [0.05, 0.1) is 13.1 Å². The molecule has 0 spiro atoms. The number of fused-ring (bicyclic) bond motifs is 1. The van der Waals surface area contributed by atoms with Gasteiger partial charge in [0.1, 0.15) is 35.4 Å². The molecule has 0 unspecified atom stereocenters. The third-order valence-corrected chi connectivity index (χ3v) is 4.72. The Morgan fingerprint density at radius 1 is 1.07 bits per heavy atom. The standard InChI is InChI=1S/C23H22FN3O3/c24-19-9-5-4-6-17(19)14-27-15-20-21(30-16-23(27)28)10-11-22(26-20)25-12-13-29-18-7-2-1-3-8-18/h1-11H,12-16H2,(H,25,26). The van der Waals surface area contributed by atoms with Gasteiger partial charge in [-0.3, -0.25) is 4.79 Å². The van der Waals surface area contributed by atoms with Gasteiger partial charge in [-0.2, -0.15) is 0 Å². The van der Waals surface area contributed by atoms with Gasteiger partial charge in [-0.05, 0) is 30.3 Å². The molecule has 154 valence electrons. The van der Waals surface area contributed by atoms with E-state index in [1.807, 2.05) is 30.3 Å². The first-order chi connectivity index (χ1) is 14.7. The van der Waals surface area contributed by atoms with Gasteiger partial charge < -0.3 is 19.7 Å². The average Bonchev–Trinajstić information content (AvgIpc) is 2.92. The van der Waals surface area contributed by atoms with E-state index in [-0.39, 0.29) is 31.4 Å². The summed E-state index contributed by atoms with van der Waals surface area (Å²) in [7, 11) is 0. The number of carbonyl (C=O) groups is 1. The second kappa shape index (κ2) is 9.26. The topological polar surface area (TPSA) is 63.7 Å². The van der Waals surface area contributed by atoms with Crippen molar-refractivity contribution < 1.29 is 18.7 Å². The van der Waals surface area contributed by atoms with E-state index in [1.165, 1.54) is 6.07 Å². The number of nitrogens with zero attached hydrogens (tertiary/aromatic N) is 2. The van der Waals surface area contributed by atoms with Crippen molar-refractivity contribution in [2.75, 3.05) is 25.1 Å². The average molecular weight is 407 g/mol. The number of rotatable bonds is 7. The van der Waals surface area contributed by atoms with E-state index in [4.69, 9.17) is 9.47 Å². The third kappa shape index (κ3) is 4.86. The molecular formula is C23H22FN3O3. The summed E-state index contributed by atoms with van der Waals surface area (Å²) in [6.45, 7) is 1.37. The molecule has 0 bridgehead atoms. The van der Waals surface area contributed by atoms with Gasteiger partial charge in [0.15, 0.2) is 6.61 Å². The summed E-state index contributed by atoms with van der Waals surface area (Å²) >= 11 is 0. The molecule has 0 aliphatic carbocycles. The molecule has 30 heavy (non-hydrogen) atoms. The molecular weight excluding hydrogens is 385 g/mol. The third-order valence-electron chi connectivity index (χ3n) is 4.72. The molecule has 0 saturated carbocycles. The molecule has 0 fully saturated rings. The summed E-state index contributed by atoms with van der Waals surface area (Å²) in [5.41, 5.74) is 1.09. The second-order valence-electron chi connectivity index (χ2n) is 6.86. The number of hydrogen-bond acceptors (Lipinski definition) is 5. The molecule has 3 aromatic rings. The predicted octanol–water partition coefficient (Wildman–Crippen LogP) is 3.63. The lowest BCUT2D eigenvalue weighted by Gasteiger charge is -2.20. The zero-order valence-electron chi connectivity index (χ0n) is 16.4. The van der Waals surface area contributed by atoms with Gasteiger partial charge in [-0.15, -0.1) is 0 Å². The lowest BCUT2D eigenvalue weighted by molar-refractivity contribution is -0.133. The van der Waals surface area contributed by atoms with Gasteiger partial charge in [0.2, 0.25) is 0 Å². The molecule has 7 heteroatoms. The van der Waals surface area contributed by atoms with E-state index in [0.29, 0.717) is 36.0 Å². The molecule has 1 amide bonds. The SMILES string of the molecule is O=C1COc2ccc(NCCOc3ccccc3)nc2CN1Cc1ccccc1F. The van der Waals surface area contributed by atoms with Gasteiger partial charge >= 0.3 is 0 Å². The fourth-order valence-corrected chi connectivity index (χ4v) is 3.17. The monoisotopic (exact) mass is 407 g/mol. The van der Waals surface area contributed by atoms with Crippen LogP contribution in [0, 0.1) is 5.82 Å². The number of aromatic nitrogens is 1.